The lowest BCUT2D eigenvalue weighted by atomic mass is 9.88. The largest absolute Gasteiger partial charge is 0.306 e. The van der Waals surface area contributed by atoms with E-state index in [2.05, 4.69) is 15.4 Å². The van der Waals surface area contributed by atoms with Crippen molar-refractivity contribution >= 4 is 5.82 Å². The summed E-state index contributed by atoms with van der Waals surface area (Å²) in [6.07, 6.45) is 5.87. The van der Waals surface area contributed by atoms with Gasteiger partial charge in [-0.15, -0.1) is 0 Å². The Labute approximate surface area is 94.4 Å². The molecular weight excluding hydrogens is 207 g/mol. The van der Waals surface area contributed by atoms with Gasteiger partial charge in [-0.05, 0) is 19.8 Å². The third-order valence-corrected chi connectivity index (χ3v) is 3.14. The number of halogens is 1. The van der Waals surface area contributed by atoms with Gasteiger partial charge in [0.25, 0.3) is 0 Å². The van der Waals surface area contributed by atoms with Gasteiger partial charge in [0, 0.05) is 5.92 Å². The molecule has 0 amide bonds. The van der Waals surface area contributed by atoms with Gasteiger partial charge >= 0.3 is 0 Å². The van der Waals surface area contributed by atoms with Crippen LogP contribution in [0.1, 0.15) is 49.5 Å². The second kappa shape index (κ2) is 4.74. The van der Waals surface area contributed by atoms with Crippen LogP contribution in [-0.2, 0) is 0 Å². The Balaban J connectivity index is 2.29. The van der Waals surface area contributed by atoms with Crippen molar-refractivity contribution < 1.29 is 4.39 Å². The molecule has 4 nitrogen and oxygen atoms in total. The molecule has 1 fully saturated rings. The molecule has 0 bridgehead atoms. The van der Waals surface area contributed by atoms with Crippen molar-refractivity contribution in [3.63, 3.8) is 0 Å². The highest BCUT2D eigenvalue weighted by molar-refractivity contribution is 5.37. The summed E-state index contributed by atoms with van der Waals surface area (Å²) in [5.41, 5.74) is 2.65. The maximum Gasteiger partial charge on any atom is 0.187 e. The zero-order chi connectivity index (χ0) is 11.5. The van der Waals surface area contributed by atoms with Crippen LogP contribution < -0.4 is 11.3 Å². The predicted octanol–water partition coefficient (Wildman–Crippen LogP) is 2.26. The van der Waals surface area contributed by atoms with Crippen molar-refractivity contribution in [2.24, 2.45) is 5.84 Å². The fourth-order valence-electron chi connectivity index (χ4n) is 2.22. The summed E-state index contributed by atoms with van der Waals surface area (Å²) in [7, 11) is 0. The molecule has 0 saturated heterocycles. The lowest BCUT2D eigenvalue weighted by Gasteiger charge is -2.21. The van der Waals surface area contributed by atoms with Crippen LogP contribution in [0.5, 0.6) is 0 Å². The lowest BCUT2D eigenvalue weighted by molar-refractivity contribution is 0.426. The highest BCUT2D eigenvalue weighted by atomic mass is 19.1. The molecule has 0 radical (unpaired) electrons. The second-order valence-electron chi connectivity index (χ2n) is 4.31. The van der Waals surface area contributed by atoms with Gasteiger partial charge in [0.05, 0.1) is 5.69 Å². The molecule has 0 spiro atoms. The van der Waals surface area contributed by atoms with Gasteiger partial charge in [-0.25, -0.2) is 20.2 Å². The summed E-state index contributed by atoms with van der Waals surface area (Å²) >= 11 is 0. The number of hydrogen-bond acceptors (Lipinski definition) is 4. The SMILES string of the molecule is Cc1nc(C2CCCCC2)nc(NN)c1F. The molecule has 1 aromatic heterocycles. The van der Waals surface area contributed by atoms with Crippen molar-refractivity contribution in [3.8, 4) is 0 Å². The van der Waals surface area contributed by atoms with E-state index in [-0.39, 0.29) is 5.82 Å². The molecule has 1 aliphatic rings. The number of aryl methyl sites for hydroxylation is 1. The molecule has 0 atom stereocenters. The van der Waals surface area contributed by atoms with E-state index in [0.717, 1.165) is 18.7 Å². The maximum absolute atomic E-state index is 13.5. The Morgan fingerprint density at radius 3 is 2.56 bits per heavy atom. The van der Waals surface area contributed by atoms with Gasteiger partial charge in [0.2, 0.25) is 0 Å². The summed E-state index contributed by atoms with van der Waals surface area (Å²) in [4.78, 5) is 8.38. The van der Waals surface area contributed by atoms with E-state index in [0.29, 0.717) is 11.6 Å². The average molecular weight is 224 g/mol. The number of nitrogens with zero attached hydrogens (tertiary/aromatic N) is 2. The van der Waals surface area contributed by atoms with Crippen LogP contribution in [0.25, 0.3) is 0 Å². The smallest absolute Gasteiger partial charge is 0.187 e. The molecule has 1 aliphatic carbocycles. The highest BCUT2D eigenvalue weighted by Crippen LogP contribution is 2.31. The first-order valence-corrected chi connectivity index (χ1v) is 5.73. The predicted molar refractivity (Wildman–Crippen MR) is 60.4 cm³/mol. The molecule has 0 aromatic carbocycles. The van der Waals surface area contributed by atoms with Gasteiger partial charge in [-0.3, -0.25) is 0 Å². The molecule has 1 saturated carbocycles. The van der Waals surface area contributed by atoms with E-state index in [1.54, 1.807) is 6.92 Å². The Kier molecular flexibility index (Phi) is 3.33. The lowest BCUT2D eigenvalue weighted by Crippen LogP contribution is -2.16. The van der Waals surface area contributed by atoms with Crippen molar-refractivity contribution in [2.45, 2.75) is 44.9 Å². The van der Waals surface area contributed by atoms with E-state index in [9.17, 15) is 4.39 Å². The number of hydrazine groups is 1. The van der Waals surface area contributed by atoms with Crippen LogP contribution in [-0.4, -0.2) is 9.97 Å². The Hall–Kier alpha value is -1.23. The zero-order valence-electron chi connectivity index (χ0n) is 9.46. The number of nitrogens with one attached hydrogen (secondary N) is 1. The van der Waals surface area contributed by atoms with Gasteiger partial charge < -0.3 is 5.43 Å². The topological polar surface area (TPSA) is 63.8 Å². The number of nitrogen functional groups attached to an aromatic ring is 1. The summed E-state index contributed by atoms with van der Waals surface area (Å²) in [6.45, 7) is 1.64. The first-order chi connectivity index (χ1) is 7.72. The summed E-state index contributed by atoms with van der Waals surface area (Å²) in [6, 6.07) is 0. The normalized spacial score (nSPS) is 17.4. The molecule has 1 aromatic rings. The molecule has 5 heteroatoms. The van der Waals surface area contributed by atoms with Gasteiger partial charge in [0.1, 0.15) is 5.82 Å². The number of hydrogen-bond donors (Lipinski definition) is 2. The Bertz CT molecular complexity index is 374. The van der Waals surface area contributed by atoms with Crippen LogP contribution in [0, 0.1) is 12.7 Å². The minimum atomic E-state index is -0.456. The average Bonchev–Trinajstić information content (AvgIpc) is 2.33. The van der Waals surface area contributed by atoms with Crippen LogP contribution in [0.2, 0.25) is 0 Å². The van der Waals surface area contributed by atoms with Crippen molar-refractivity contribution in [3.05, 3.63) is 17.3 Å². The van der Waals surface area contributed by atoms with E-state index in [1.807, 2.05) is 0 Å². The fourth-order valence-corrected chi connectivity index (χ4v) is 2.22. The quantitative estimate of drug-likeness (QED) is 0.597. The molecular formula is C11H17FN4. The third-order valence-electron chi connectivity index (χ3n) is 3.14. The van der Waals surface area contributed by atoms with E-state index in [1.165, 1.54) is 19.3 Å². The van der Waals surface area contributed by atoms with E-state index in [4.69, 9.17) is 5.84 Å². The monoisotopic (exact) mass is 224 g/mol. The third kappa shape index (κ3) is 2.14. The molecule has 16 heavy (non-hydrogen) atoms. The Morgan fingerprint density at radius 2 is 1.94 bits per heavy atom. The number of rotatable bonds is 2. The minimum Gasteiger partial charge on any atom is -0.306 e. The molecule has 1 heterocycles. The van der Waals surface area contributed by atoms with E-state index < -0.39 is 5.82 Å². The van der Waals surface area contributed by atoms with Crippen LogP contribution in [0.4, 0.5) is 10.2 Å². The van der Waals surface area contributed by atoms with Gasteiger partial charge in [-0.2, -0.15) is 0 Å². The summed E-state index contributed by atoms with van der Waals surface area (Å²) < 4.78 is 13.5. The summed E-state index contributed by atoms with van der Waals surface area (Å²) in [5, 5.41) is 0. The fraction of sp³-hybridized carbons (Fsp3) is 0.636. The number of nitrogens with two attached hydrogens (primary N) is 1. The molecule has 88 valence electrons. The first-order valence-electron chi connectivity index (χ1n) is 5.73. The molecule has 3 N–H and O–H groups in total. The van der Waals surface area contributed by atoms with Crippen LogP contribution in [0.3, 0.4) is 0 Å². The standard InChI is InChI=1S/C11H17FN4/c1-7-9(12)11(16-13)15-10(14-7)8-5-3-2-4-6-8/h8H,2-6,13H2,1H3,(H,14,15,16). The number of anilines is 1. The van der Waals surface area contributed by atoms with Crippen molar-refractivity contribution in [2.75, 3.05) is 5.43 Å². The van der Waals surface area contributed by atoms with E-state index >= 15 is 0 Å². The second-order valence-corrected chi connectivity index (χ2v) is 4.31. The molecule has 0 unspecified atom stereocenters. The van der Waals surface area contributed by atoms with Crippen molar-refractivity contribution in [1.82, 2.24) is 9.97 Å². The van der Waals surface area contributed by atoms with Crippen LogP contribution >= 0.6 is 0 Å². The molecule has 2 rings (SSSR count). The minimum absolute atomic E-state index is 0.105. The number of aromatic nitrogens is 2. The van der Waals surface area contributed by atoms with Gasteiger partial charge in [0.15, 0.2) is 11.6 Å². The van der Waals surface area contributed by atoms with Crippen LogP contribution in [0.15, 0.2) is 0 Å². The highest BCUT2D eigenvalue weighted by Gasteiger charge is 2.20. The maximum atomic E-state index is 13.5. The summed E-state index contributed by atoms with van der Waals surface area (Å²) in [5.74, 6) is 5.98. The molecule has 0 aliphatic heterocycles. The Morgan fingerprint density at radius 1 is 1.25 bits per heavy atom. The van der Waals surface area contributed by atoms with Crippen molar-refractivity contribution in [1.29, 1.82) is 0 Å². The zero-order valence-corrected chi connectivity index (χ0v) is 9.46. The van der Waals surface area contributed by atoms with Gasteiger partial charge in [-0.1, -0.05) is 19.3 Å². The first kappa shape index (κ1) is 11.3.